The van der Waals surface area contributed by atoms with Gasteiger partial charge in [-0.25, -0.2) is 9.97 Å². The molecule has 0 unspecified atom stereocenters. The van der Waals surface area contributed by atoms with Crippen LogP contribution in [0.15, 0.2) is 29.0 Å². The van der Waals surface area contributed by atoms with E-state index in [9.17, 15) is 5.11 Å². The lowest BCUT2D eigenvalue weighted by Crippen LogP contribution is -2.50. The average Bonchev–Trinajstić information content (AvgIpc) is 2.47. The summed E-state index contributed by atoms with van der Waals surface area (Å²) in [4.78, 5) is 10.9. The Labute approximate surface area is 125 Å². The molecule has 5 nitrogen and oxygen atoms in total. The van der Waals surface area contributed by atoms with Gasteiger partial charge in [0.1, 0.15) is 12.1 Å². The third-order valence-electron chi connectivity index (χ3n) is 3.56. The normalized spacial score (nSPS) is 23.2. The van der Waals surface area contributed by atoms with Crippen LogP contribution in [-0.2, 0) is 4.74 Å². The Kier molecular flexibility index (Phi) is 3.87. The van der Waals surface area contributed by atoms with Crippen LogP contribution >= 0.6 is 15.9 Å². The lowest BCUT2D eigenvalue weighted by atomic mass is 10.1. The zero-order valence-electron chi connectivity index (χ0n) is 11.2. The predicted molar refractivity (Wildman–Crippen MR) is 80.9 cm³/mol. The first-order chi connectivity index (χ1) is 9.69. The van der Waals surface area contributed by atoms with Crippen molar-refractivity contribution in [3.05, 3.63) is 29.0 Å². The first-order valence-corrected chi connectivity index (χ1v) is 7.37. The number of benzene rings is 1. The van der Waals surface area contributed by atoms with Crippen LogP contribution < -0.4 is 4.90 Å². The SMILES string of the molecule is C[C@@H]1CO[C@H](CO)CN1c1ncnc2ccc(Br)cc12. The van der Waals surface area contributed by atoms with E-state index >= 15 is 0 Å². The van der Waals surface area contributed by atoms with Gasteiger partial charge >= 0.3 is 0 Å². The maximum atomic E-state index is 9.31. The largest absolute Gasteiger partial charge is 0.394 e. The standard InChI is InChI=1S/C14H16BrN3O2/c1-9-7-20-11(6-19)5-18(9)14-12-4-10(15)2-3-13(12)16-8-17-14/h2-4,8-9,11,19H,5-7H2,1H3/t9-,11+/m1/s1. The topological polar surface area (TPSA) is 58.5 Å². The van der Waals surface area contributed by atoms with Crippen LogP contribution in [0.4, 0.5) is 5.82 Å². The van der Waals surface area contributed by atoms with E-state index in [2.05, 4.69) is 37.7 Å². The van der Waals surface area contributed by atoms with E-state index in [-0.39, 0.29) is 18.8 Å². The third kappa shape index (κ3) is 2.51. The second-order valence-electron chi connectivity index (χ2n) is 5.00. The summed E-state index contributed by atoms with van der Waals surface area (Å²) in [6.07, 6.45) is 1.42. The highest BCUT2D eigenvalue weighted by molar-refractivity contribution is 9.10. The summed E-state index contributed by atoms with van der Waals surface area (Å²) >= 11 is 3.49. The van der Waals surface area contributed by atoms with Gasteiger partial charge in [-0.3, -0.25) is 0 Å². The molecule has 3 rings (SSSR count). The Balaban J connectivity index is 2.06. The zero-order valence-corrected chi connectivity index (χ0v) is 12.7. The number of aromatic nitrogens is 2. The number of anilines is 1. The zero-order chi connectivity index (χ0) is 14.1. The molecule has 2 aromatic rings. The highest BCUT2D eigenvalue weighted by atomic mass is 79.9. The summed E-state index contributed by atoms with van der Waals surface area (Å²) in [5.41, 5.74) is 0.914. The fourth-order valence-corrected chi connectivity index (χ4v) is 2.83. The number of hydrogen-bond donors (Lipinski definition) is 1. The fraction of sp³-hybridized carbons (Fsp3) is 0.429. The molecular weight excluding hydrogens is 322 g/mol. The second-order valence-corrected chi connectivity index (χ2v) is 5.91. The van der Waals surface area contributed by atoms with Crippen molar-refractivity contribution in [2.75, 3.05) is 24.7 Å². The first kappa shape index (κ1) is 13.7. The molecule has 1 aliphatic rings. The highest BCUT2D eigenvalue weighted by Crippen LogP contribution is 2.29. The predicted octanol–water partition coefficient (Wildman–Crippen LogP) is 1.98. The summed E-state index contributed by atoms with van der Waals surface area (Å²) in [7, 11) is 0. The Morgan fingerprint density at radius 1 is 1.45 bits per heavy atom. The van der Waals surface area contributed by atoms with E-state index in [0.29, 0.717) is 13.2 Å². The quantitative estimate of drug-likeness (QED) is 0.907. The Hall–Kier alpha value is -1.24. The molecule has 0 aliphatic carbocycles. The molecule has 1 aliphatic heterocycles. The fourth-order valence-electron chi connectivity index (χ4n) is 2.47. The minimum absolute atomic E-state index is 0.0237. The monoisotopic (exact) mass is 337 g/mol. The van der Waals surface area contributed by atoms with Gasteiger partial charge < -0.3 is 14.7 Å². The van der Waals surface area contributed by atoms with Gasteiger partial charge in [0.15, 0.2) is 0 Å². The first-order valence-electron chi connectivity index (χ1n) is 6.58. The molecule has 6 heteroatoms. The van der Waals surface area contributed by atoms with Crippen LogP contribution in [0.5, 0.6) is 0 Å². The van der Waals surface area contributed by atoms with Gasteiger partial charge in [0, 0.05) is 16.4 Å². The molecule has 1 fully saturated rings. The Morgan fingerprint density at radius 2 is 2.30 bits per heavy atom. The minimum atomic E-state index is -0.164. The Bertz CT molecular complexity index is 622. The molecule has 0 spiro atoms. The van der Waals surface area contributed by atoms with E-state index in [0.717, 1.165) is 21.2 Å². The van der Waals surface area contributed by atoms with Crippen molar-refractivity contribution in [1.82, 2.24) is 9.97 Å². The molecule has 1 aromatic heterocycles. The number of nitrogens with zero attached hydrogens (tertiary/aromatic N) is 3. The number of aliphatic hydroxyl groups excluding tert-OH is 1. The average molecular weight is 338 g/mol. The van der Waals surface area contributed by atoms with Gasteiger partial charge in [-0.2, -0.15) is 0 Å². The Morgan fingerprint density at radius 3 is 3.10 bits per heavy atom. The number of ether oxygens (including phenoxy) is 1. The second kappa shape index (κ2) is 5.63. The molecule has 2 heterocycles. The van der Waals surface area contributed by atoms with Crippen LogP contribution in [0.2, 0.25) is 0 Å². The molecule has 0 amide bonds. The molecule has 0 saturated carbocycles. The summed E-state index contributed by atoms with van der Waals surface area (Å²) < 4.78 is 6.58. The number of fused-ring (bicyclic) bond motifs is 1. The number of morpholine rings is 1. The number of hydrogen-bond acceptors (Lipinski definition) is 5. The van der Waals surface area contributed by atoms with Crippen molar-refractivity contribution in [3.8, 4) is 0 Å². The smallest absolute Gasteiger partial charge is 0.140 e. The summed E-state index contributed by atoms with van der Waals surface area (Å²) in [6, 6.07) is 6.19. The van der Waals surface area contributed by atoms with Crippen molar-refractivity contribution in [3.63, 3.8) is 0 Å². The van der Waals surface area contributed by atoms with Crippen LogP contribution in [0.3, 0.4) is 0 Å². The van der Waals surface area contributed by atoms with Gasteiger partial charge in [-0.05, 0) is 25.1 Å². The van der Waals surface area contributed by atoms with Gasteiger partial charge in [0.25, 0.3) is 0 Å². The third-order valence-corrected chi connectivity index (χ3v) is 4.05. The molecular formula is C14H16BrN3O2. The molecule has 1 aromatic carbocycles. The van der Waals surface area contributed by atoms with E-state index in [4.69, 9.17) is 4.74 Å². The summed E-state index contributed by atoms with van der Waals surface area (Å²) in [5, 5.41) is 10.3. The van der Waals surface area contributed by atoms with E-state index in [1.165, 1.54) is 0 Å². The van der Waals surface area contributed by atoms with Gasteiger partial charge in [-0.15, -0.1) is 0 Å². The molecule has 1 saturated heterocycles. The van der Waals surface area contributed by atoms with Crippen LogP contribution in [0, 0.1) is 0 Å². The lowest BCUT2D eigenvalue weighted by Gasteiger charge is -2.38. The summed E-state index contributed by atoms with van der Waals surface area (Å²) in [5.74, 6) is 0.894. The van der Waals surface area contributed by atoms with E-state index < -0.39 is 0 Å². The van der Waals surface area contributed by atoms with Gasteiger partial charge in [0.2, 0.25) is 0 Å². The van der Waals surface area contributed by atoms with Crippen molar-refractivity contribution >= 4 is 32.7 Å². The van der Waals surface area contributed by atoms with E-state index in [1.807, 2.05) is 18.2 Å². The number of halogens is 1. The summed E-state index contributed by atoms with van der Waals surface area (Å²) in [6.45, 7) is 3.34. The molecule has 1 N–H and O–H groups in total. The maximum absolute atomic E-state index is 9.31. The molecule has 106 valence electrons. The molecule has 0 bridgehead atoms. The van der Waals surface area contributed by atoms with Gasteiger partial charge in [-0.1, -0.05) is 15.9 Å². The molecule has 20 heavy (non-hydrogen) atoms. The van der Waals surface area contributed by atoms with Crippen LogP contribution in [0.25, 0.3) is 10.9 Å². The van der Waals surface area contributed by atoms with Crippen molar-refractivity contribution in [2.24, 2.45) is 0 Å². The molecule has 2 atom stereocenters. The maximum Gasteiger partial charge on any atom is 0.140 e. The van der Waals surface area contributed by atoms with Gasteiger partial charge in [0.05, 0.1) is 30.9 Å². The van der Waals surface area contributed by atoms with Crippen molar-refractivity contribution < 1.29 is 9.84 Å². The lowest BCUT2D eigenvalue weighted by molar-refractivity contribution is -0.0104. The van der Waals surface area contributed by atoms with Crippen molar-refractivity contribution in [2.45, 2.75) is 19.1 Å². The van der Waals surface area contributed by atoms with E-state index in [1.54, 1.807) is 6.33 Å². The van der Waals surface area contributed by atoms with Crippen molar-refractivity contribution in [1.29, 1.82) is 0 Å². The molecule has 0 radical (unpaired) electrons. The minimum Gasteiger partial charge on any atom is -0.394 e. The highest BCUT2D eigenvalue weighted by Gasteiger charge is 2.27. The number of aliphatic hydroxyl groups is 1. The van der Waals surface area contributed by atoms with Crippen LogP contribution in [-0.4, -0.2) is 47.0 Å². The number of rotatable bonds is 2. The van der Waals surface area contributed by atoms with Crippen LogP contribution in [0.1, 0.15) is 6.92 Å².